The number of aliphatic hydroxyl groups excluding tert-OH is 1. The Bertz CT molecular complexity index is 1000. The van der Waals surface area contributed by atoms with Gasteiger partial charge in [0.15, 0.2) is 0 Å². The van der Waals surface area contributed by atoms with E-state index in [1.807, 2.05) is 6.07 Å². The highest BCUT2D eigenvalue weighted by Crippen LogP contribution is 2.61. The van der Waals surface area contributed by atoms with Crippen molar-refractivity contribution in [1.29, 1.82) is 0 Å². The molecule has 0 bridgehead atoms. The highest BCUT2D eigenvalue weighted by molar-refractivity contribution is 7.91. The lowest BCUT2D eigenvalue weighted by molar-refractivity contribution is -0.284. The fourth-order valence-electron chi connectivity index (χ4n) is 7.99. The normalized spacial score (nSPS) is 28.7. The first-order valence-corrected chi connectivity index (χ1v) is 17.1. The Morgan fingerprint density at radius 1 is 0.902 bits per heavy atom. The molecule has 0 radical (unpaired) electrons. The van der Waals surface area contributed by atoms with Gasteiger partial charge in [-0.3, -0.25) is 0 Å². The predicted molar refractivity (Wildman–Crippen MR) is 153 cm³/mol. The van der Waals surface area contributed by atoms with Crippen LogP contribution in [0.2, 0.25) is 0 Å². The van der Waals surface area contributed by atoms with E-state index in [1.54, 1.807) is 0 Å². The van der Waals surface area contributed by atoms with Crippen molar-refractivity contribution < 1.29 is 36.7 Å². The molecule has 2 fully saturated rings. The van der Waals surface area contributed by atoms with E-state index in [4.69, 9.17) is 0 Å². The van der Waals surface area contributed by atoms with E-state index in [1.165, 1.54) is 11.1 Å². The van der Waals surface area contributed by atoms with Crippen LogP contribution < -0.4 is 0 Å². The monoisotopic (exact) mass is 606 g/mol. The largest absolute Gasteiger partial charge is 0.616 e. The van der Waals surface area contributed by atoms with Crippen LogP contribution in [0.5, 0.6) is 5.75 Å². The Balaban J connectivity index is 1.11. The zero-order chi connectivity index (χ0) is 29.8. The molecule has 4 rings (SSSR count). The molecule has 0 saturated heterocycles. The number of aliphatic hydroxyl groups is 1. The maximum absolute atomic E-state index is 12.9. The number of fused-ring (bicyclic) bond motifs is 5. The number of benzene rings is 1. The molecule has 3 nitrogen and oxygen atoms in total. The van der Waals surface area contributed by atoms with Crippen molar-refractivity contribution in [2.24, 2.45) is 17.3 Å². The molecule has 0 aromatic heterocycles. The average molecular weight is 607 g/mol. The van der Waals surface area contributed by atoms with E-state index < -0.39 is 36.1 Å². The van der Waals surface area contributed by atoms with Crippen LogP contribution in [0.4, 0.5) is 22.0 Å². The van der Waals surface area contributed by atoms with E-state index in [-0.39, 0.29) is 17.3 Å². The van der Waals surface area contributed by atoms with Crippen molar-refractivity contribution in [2.45, 2.75) is 134 Å². The Morgan fingerprint density at radius 3 is 2.27 bits per heavy atom. The topological polar surface area (TPSA) is 63.5 Å². The van der Waals surface area contributed by atoms with Crippen LogP contribution in [0, 0.1) is 17.3 Å². The van der Waals surface area contributed by atoms with Crippen LogP contribution in [0.3, 0.4) is 0 Å². The fourth-order valence-corrected chi connectivity index (χ4v) is 9.19. The molecule has 6 atom stereocenters. The number of phenolic OH excluding ortho intramolecular Hbond substituents is 1. The number of unbranched alkanes of at least 4 members (excludes halogenated alkanes) is 6. The van der Waals surface area contributed by atoms with E-state index >= 15 is 0 Å². The Morgan fingerprint density at radius 2 is 1.56 bits per heavy atom. The smallest absolute Gasteiger partial charge is 0.453 e. The minimum Gasteiger partial charge on any atom is -0.616 e. The molecule has 1 unspecified atom stereocenters. The zero-order valence-electron chi connectivity index (χ0n) is 24.3. The lowest BCUT2D eigenvalue weighted by Gasteiger charge is -2.50. The highest BCUT2D eigenvalue weighted by Gasteiger charge is 2.57. The van der Waals surface area contributed by atoms with Crippen molar-refractivity contribution in [3.8, 4) is 5.75 Å². The molecule has 1 aromatic carbocycles. The van der Waals surface area contributed by atoms with Crippen LogP contribution in [-0.2, 0) is 24.0 Å². The van der Waals surface area contributed by atoms with Crippen LogP contribution in [0.25, 0.3) is 0 Å². The van der Waals surface area contributed by atoms with Crippen molar-refractivity contribution in [3.05, 3.63) is 28.8 Å². The first-order valence-electron chi connectivity index (χ1n) is 15.7. The van der Waals surface area contributed by atoms with Gasteiger partial charge in [0.25, 0.3) is 0 Å². The van der Waals surface area contributed by atoms with Crippen molar-refractivity contribution in [1.82, 2.24) is 0 Å². The lowest BCUT2D eigenvalue weighted by Crippen LogP contribution is -2.43. The summed E-state index contributed by atoms with van der Waals surface area (Å²) in [6, 6.07) is 4.28. The van der Waals surface area contributed by atoms with Crippen molar-refractivity contribution in [2.75, 3.05) is 11.5 Å². The van der Waals surface area contributed by atoms with E-state index in [0.29, 0.717) is 35.7 Å². The molecule has 3 aliphatic rings. The summed E-state index contributed by atoms with van der Waals surface area (Å²) < 4.78 is 74.3. The lowest BCUT2D eigenvalue weighted by atomic mass is 9.55. The molecular weight excluding hydrogens is 559 g/mol. The van der Waals surface area contributed by atoms with Crippen LogP contribution >= 0.6 is 0 Å². The van der Waals surface area contributed by atoms with E-state index in [9.17, 15) is 36.7 Å². The van der Waals surface area contributed by atoms with E-state index in [0.717, 1.165) is 89.0 Å². The second-order valence-corrected chi connectivity index (χ2v) is 14.8. The van der Waals surface area contributed by atoms with Gasteiger partial charge < -0.3 is 14.8 Å². The first-order chi connectivity index (χ1) is 19.3. The van der Waals surface area contributed by atoms with Gasteiger partial charge in [0, 0.05) is 6.42 Å². The van der Waals surface area contributed by atoms with Gasteiger partial charge in [0.1, 0.15) is 17.3 Å². The summed E-state index contributed by atoms with van der Waals surface area (Å²) in [4.78, 5) is 0. The van der Waals surface area contributed by atoms with Crippen molar-refractivity contribution in [3.63, 3.8) is 0 Å². The number of hydrogen-bond acceptors (Lipinski definition) is 3. The third-order valence-electron chi connectivity index (χ3n) is 10.5. The van der Waals surface area contributed by atoms with Crippen LogP contribution in [0.1, 0.15) is 119 Å². The van der Waals surface area contributed by atoms with Gasteiger partial charge in [-0.1, -0.05) is 49.8 Å². The molecule has 41 heavy (non-hydrogen) atoms. The quantitative estimate of drug-likeness (QED) is 0.127. The number of aryl methyl sites for hydroxylation is 2. The molecule has 9 heteroatoms. The third kappa shape index (κ3) is 7.72. The molecule has 2 N–H and O–H groups in total. The van der Waals surface area contributed by atoms with Crippen molar-refractivity contribution >= 4 is 11.2 Å². The summed E-state index contributed by atoms with van der Waals surface area (Å²) in [5.74, 6) is -2.31. The number of aromatic hydroxyl groups is 1. The summed E-state index contributed by atoms with van der Waals surface area (Å²) in [7, 11) is 0. The van der Waals surface area contributed by atoms with Gasteiger partial charge in [-0.2, -0.15) is 22.0 Å². The predicted octanol–water partition coefficient (Wildman–Crippen LogP) is 8.61. The molecule has 0 aliphatic heterocycles. The minimum atomic E-state index is -5.54. The zero-order valence-corrected chi connectivity index (χ0v) is 25.1. The molecule has 2 saturated carbocycles. The number of rotatable bonds is 14. The third-order valence-corrected chi connectivity index (χ3v) is 12.0. The van der Waals surface area contributed by atoms with Gasteiger partial charge in [-0.25, -0.2) is 0 Å². The second kappa shape index (κ2) is 13.7. The standard InChI is InChI=1S/C32H47F5O3S/c1-30-17-15-24-25(27(30)13-14-29(30)39)12-11-22-21-28(38)23(20-26(22)24)10-7-5-3-2-4-6-8-18-41(40)19-9-16-31(33,34)32(35,36)37/h20-21,24-25,27,29,38-39H,2-19H2,1H3/t24-,25+,27-,29-,30-,41?/m0/s1. The number of hydrogen-bond donors (Lipinski definition) is 2. The Hall–Kier alpha value is -1.06. The van der Waals surface area contributed by atoms with E-state index in [2.05, 4.69) is 13.0 Å². The SMILES string of the molecule is C[C@]12CC[C@@H]3c4cc(CCCCCCCCC[S+]([O-])CCCC(F)(F)C(F)(F)F)c(O)cc4CC[C@H]3[C@@H]1CC[C@@H]2O. The maximum atomic E-state index is 12.9. The molecule has 234 valence electrons. The molecule has 3 aliphatic carbocycles. The van der Waals surface area contributed by atoms with Gasteiger partial charge >= 0.3 is 12.1 Å². The van der Waals surface area contributed by atoms with Gasteiger partial charge in [-0.15, -0.1) is 0 Å². The number of alkyl halides is 5. The second-order valence-electron chi connectivity index (χ2n) is 13.1. The highest BCUT2D eigenvalue weighted by atomic mass is 32.2. The van der Waals surface area contributed by atoms with Gasteiger partial charge in [-0.05, 0) is 117 Å². The number of phenols is 1. The summed E-state index contributed by atoms with van der Waals surface area (Å²) in [5, 5.41) is 21.4. The van der Waals surface area contributed by atoms with Crippen LogP contribution in [-0.4, -0.2) is 44.5 Å². The molecule has 0 amide bonds. The Labute approximate surface area is 244 Å². The maximum Gasteiger partial charge on any atom is 0.453 e. The molecule has 1 aromatic rings. The molecule has 0 heterocycles. The van der Waals surface area contributed by atoms with Crippen LogP contribution in [0.15, 0.2) is 12.1 Å². The van der Waals surface area contributed by atoms with Gasteiger partial charge in [0.2, 0.25) is 0 Å². The summed E-state index contributed by atoms with van der Waals surface area (Å²) in [6.07, 6.45) is 6.53. The summed E-state index contributed by atoms with van der Waals surface area (Å²) in [6.45, 7) is 2.29. The fraction of sp³-hybridized carbons (Fsp3) is 0.812. The minimum absolute atomic E-state index is 0.0650. The molecule has 0 spiro atoms. The first kappa shape index (κ1) is 32.8. The molecular formula is C32H47F5O3S. The number of halogens is 5. The average Bonchev–Trinajstić information content (AvgIpc) is 3.21. The summed E-state index contributed by atoms with van der Waals surface area (Å²) in [5.41, 5.74) is 3.84. The Kier molecular flexibility index (Phi) is 11.0. The van der Waals surface area contributed by atoms with Gasteiger partial charge in [0.05, 0.1) is 6.10 Å². The summed E-state index contributed by atoms with van der Waals surface area (Å²) >= 11 is -1.36.